The highest BCUT2D eigenvalue weighted by Crippen LogP contribution is 2.18. The molecule has 0 aliphatic carbocycles. The van der Waals surface area contributed by atoms with Crippen molar-refractivity contribution in [1.29, 1.82) is 0 Å². The largest absolute Gasteiger partial charge is 0.497 e. The standard InChI is InChI=1S/C21H28N2O2/c1-25-20-9-7-18(8-10-20)21(24)15-22-19-11-13-23(14-12-19)16-17-5-3-2-4-6-17/h2-10,19,21-22,24H,11-16H2,1H3. The van der Waals surface area contributed by atoms with Crippen LogP contribution in [0.25, 0.3) is 0 Å². The van der Waals surface area contributed by atoms with Crippen LogP contribution in [0.5, 0.6) is 5.75 Å². The molecule has 0 aromatic heterocycles. The number of ether oxygens (including phenoxy) is 1. The van der Waals surface area contributed by atoms with Gasteiger partial charge in [-0.05, 0) is 49.2 Å². The van der Waals surface area contributed by atoms with E-state index in [1.165, 1.54) is 5.56 Å². The smallest absolute Gasteiger partial charge is 0.118 e. The lowest BCUT2D eigenvalue weighted by Gasteiger charge is -2.33. The summed E-state index contributed by atoms with van der Waals surface area (Å²) in [5, 5.41) is 13.9. The Kier molecular flexibility index (Phi) is 6.45. The van der Waals surface area contributed by atoms with Crippen molar-refractivity contribution in [2.45, 2.75) is 31.5 Å². The molecule has 1 heterocycles. The van der Waals surface area contributed by atoms with Crippen molar-refractivity contribution < 1.29 is 9.84 Å². The zero-order valence-electron chi connectivity index (χ0n) is 14.9. The van der Waals surface area contributed by atoms with Crippen LogP contribution in [-0.2, 0) is 6.54 Å². The van der Waals surface area contributed by atoms with Gasteiger partial charge in [0.15, 0.2) is 0 Å². The van der Waals surface area contributed by atoms with Crippen molar-refractivity contribution in [3.05, 3.63) is 65.7 Å². The Bertz CT molecular complexity index is 622. The predicted molar refractivity (Wildman–Crippen MR) is 101 cm³/mol. The van der Waals surface area contributed by atoms with E-state index in [1.807, 2.05) is 24.3 Å². The molecule has 1 fully saturated rings. The number of aliphatic hydroxyl groups is 1. The number of nitrogens with one attached hydrogen (secondary N) is 1. The minimum absolute atomic E-state index is 0.478. The summed E-state index contributed by atoms with van der Waals surface area (Å²) >= 11 is 0. The maximum Gasteiger partial charge on any atom is 0.118 e. The molecule has 0 amide bonds. The molecule has 1 aliphatic heterocycles. The van der Waals surface area contributed by atoms with E-state index in [1.54, 1.807) is 7.11 Å². The molecule has 1 aliphatic rings. The van der Waals surface area contributed by atoms with Gasteiger partial charge in [0, 0.05) is 19.1 Å². The summed E-state index contributed by atoms with van der Waals surface area (Å²) in [6, 6.07) is 18.8. The second kappa shape index (κ2) is 8.99. The summed E-state index contributed by atoms with van der Waals surface area (Å²) in [6.45, 7) is 3.83. The Morgan fingerprint density at radius 1 is 1.08 bits per heavy atom. The highest BCUT2D eigenvalue weighted by atomic mass is 16.5. The highest BCUT2D eigenvalue weighted by molar-refractivity contribution is 5.28. The van der Waals surface area contributed by atoms with Gasteiger partial charge < -0.3 is 15.2 Å². The van der Waals surface area contributed by atoms with Gasteiger partial charge in [0.25, 0.3) is 0 Å². The summed E-state index contributed by atoms with van der Waals surface area (Å²) in [4.78, 5) is 2.51. The molecular formula is C21H28N2O2. The Morgan fingerprint density at radius 3 is 2.40 bits per heavy atom. The lowest BCUT2D eigenvalue weighted by Crippen LogP contribution is -2.43. The van der Waals surface area contributed by atoms with Crippen LogP contribution in [-0.4, -0.2) is 42.8 Å². The predicted octanol–water partition coefficient (Wildman–Crippen LogP) is 2.98. The third-order valence-corrected chi connectivity index (χ3v) is 4.94. The summed E-state index contributed by atoms with van der Waals surface area (Å²) in [7, 11) is 1.65. The minimum Gasteiger partial charge on any atom is -0.497 e. The van der Waals surface area contributed by atoms with Crippen molar-refractivity contribution >= 4 is 0 Å². The van der Waals surface area contributed by atoms with Gasteiger partial charge in [-0.15, -0.1) is 0 Å². The fourth-order valence-corrected chi connectivity index (χ4v) is 3.36. The summed E-state index contributed by atoms with van der Waals surface area (Å²) in [5.74, 6) is 0.815. The zero-order valence-corrected chi connectivity index (χ0v) is 14.9. The fraction of sp³-hybridized carbons (Fsp3) is 0.429. The van der Waals surface area contributed by atoms with Crippen LogP contribution >= 0.6 is 0 Å². The first-order valence-corrected chi connectivity index (χ1v) is 9.06. The maximum absolute atomic E-state index is 10.3. The number of methoxy groups -OCH3 is 1. The van der Waals surface area contributed by atoms with Gasteiger partial charge in [0.05, 0.1) is 13.2 Å². The first kappa shape index (κ1) is 17.9. The summed E-state index contributed by atoms with van der Waals surface area (Å²) in [6.07, 6.45) is 1.78. The monoisotopic (exact) mass is 340 g/mol. The van der Waals surface area contributed by atoms with Gasteiger partial charge in [0.2, 0.25) is 0 Å². The molecule has 0 radical (unpaired) electrons. The van der Waals surface area contributed by atoms with Crippen molar-refractivity contribution in [2.24, 2.45) is 0 Å². The van der Waals surface area contributed by atoms with Crippen LogP contribution < -0.4 is 10.1 Å². The average molecular weight is 340 g/mol. The Morgan fingerprint density at radius 2 is 1.76 bits per heavy atom. The van der Waals surface area contributed by atoms with E-state index in [9.17, 15) is 5.11 Å². The van der Waals surface area contributed by atoms with Crippen LogP contribution in [0.15, 0.2) is 54.6 Å². The van der Waals surface area contributed by atoms with Gasteiger partial charge >= 0.3 is 0 Å². The molecule has 1 unspecified atom stereocenters. The number of aliphatic hydroxyl groups excluding tert-OH is 1. The van der Waals surface area contributed by atoms with E-state index in [2.05, 4.69) is 40.5 Å². The minimum atomic E-state index is -0.478. The Balaban J connectivity index is 1.39. The van der Waals surface area contributed by atoms with Gasteiger partial charge in [-0.2, -0.15) is 0 Å². The Labute approximate surface area is 150 Å². The van der Waals surface area contributed by atoms with Crippen molar-refractivity contribution in [1.82, 2.24) is 10.2 Å². The lowest BCUT2D eigenvalue weighted by molar-refractivity contribution is 0.149. The molecule has 2 aromatic carbocycles. The third kappa shape index (κ3) is 5.30. The number of piperidine rings is 1. The highest BCUT2D eigenvalue weighted by Gasteiger charge is 2.20. The number of hydrogen-bond donors (Lipinski definition) is 2. The number of hydrogen-bond acceptors (Lipinski definition) is 4. The molecule has 0 spiro atoms. The van der Waals surface area contributed by atoms with E-state index < -0.39 is 6.10 Å². The molecule has 1 atom stereocenters. The maximum atomic E-state index is 10.3. The molecule has 2 N–H and O–H groups in total. The first-order valence-electron chi connectivity index (χ1n) is 9.06. The first-order chi connectivity index (χ1) is 12.2. The van der Waals surface area contributed by atoms with Crippen molar-refractivity contribution in [2.75, 3.05) is 26.7 Å². The quantitative estimate of drug-likeness (QED) is 0.813. The van der Waals surface area contributed by atoms with E-state index in [4.69, 9.17) is 4.74 Å². The van der Waals surface area contributed by atoms with Gasteiger partial charge in [0.1, 0.15) is 5.75 Å². The molecule has 0 saturated carbocycles. The van der Waals surface area contributed by atoms with E-state index in [-0.39, 0.29) is 0 Å². The topological polar surface area (TPSA) is 44.7 Å². The molecule has 3 rings (SSSR count). The summed E-state index contributed by atoms with van der Waals surface area (Å²) in [5.41, 5.74) is 2.30. The fourth-order valence-electron chi connectivity index (χ4n) is 3.36. The van der Waals surface area contributed by atoms with E-state index in [0.717, 1.165) is 43.8 Å². The molecule has 4 heteroatoms. The number of benzene rings is 2. The van der Waals surface area contributed by atoms with Crippen LogP contribution in [0.4, 0.5) is 0 Å². The molecule has 25 heavy (non-hydrogen) atoms. The van der Waals surface area contributed by atoms with E-state index >= 15 is 0 Å². The lowest BCUT2D eigenvalue weighted by atomic mass is 10.0. The van der Waals surface area contributed by atoms with Crippen molar-refractivity contribution in [3.63, 3.8) is 0 Å². The van der Waals surface area contributed by atoms with Gasteiger partial charge in [-0.3, -0.25) is 4.90 Å². The molecule has 0 bridgehead atoms. The van der Waals surface area contributed by atoms with Crippen LogP contribution in [0, 0.1) is 0 Å². The normalized spacial score (nSPS) is 17.4. The second-order valence-electron chi connectivity index (χ2n) is 6.73. The van der Waals surface area contributed by atoms with Crippen molar-refractivity contribution in [3.8, 4) is 5.75 Å². The Hall–Kier alpha value is -1.88. The van der Waals surface area contributed by atoms with E-state index in [0.29, 0.717) is 12.6 Å². The molecule has 2 aromatic rings. The zero-order chi connectivity index (χ0) is 17.5. The number of nitrogens with zero attached hydrogens (tertiary/aromatic N) is 1. The molecular weight excluding hydrogens is 312 g/mol. The van der Waals surface area contributed by atoms with Gasteiger partial charge in [-0.1, -0.05) is 42.5 Å². The van der Waals surface area contributed by atoms with Crippen LogP contribution in [0.3, 0.4) is 0 Å². The number of likely N-dealkylation sites (tertiary alicyclic amines) is 1. The summed E-state index contributed by atoms with van der Waals surface area (Å²) < 4.78 is 5.15. The second-order valence-corrected chi connectivity index (χ2v) is 6.73. The molecule has 1 saturated heterocycles. The third-order valence-electron chi connectivity index (χ3n) is 4.94. The molecule has 4 nitrogen and oxygen atoms in total. The van der Waals surface area contributed by atoms with Gasteiger partial charge in [-0.25, -0.2) is 0 Å². The van der Waals surface area contributed by atoms with Crippen LogP contribution in [0.2, 0.25) is 0 Å². The molecule has 134 valence electrons. The number of rotatable bonds is 7. The SMILES string of the molecule is COc1ccc(C(O)CNC2CCN(Cc3ccccc3)CC2)cc1. The van der Waals surface area contributed by atoms with Crippen LogP contribution in [0.1, 0.15) is 30.1 Å². The average Bonchev–Trinajstić information content (AvgIpc) is 2.68.